The standard InChI is InChI=1S/C20H23ClFN5O3/c21-14-3-6-17(16(9-14)25-20(24)29)30-12-19(28)27-8-7-26(11-18(27)23)10-13-1-4-15(22)5-2-13/h1-6,9,18H,7-8,10-12,23H2,(H3,24,25,29)/t18-/m0/s1. The molecule has 0 unspecified atom stereocenters. The van der Waals surface area contributed by atoms with E-state index in [9.17, 15) is 14.0 Å². The first kappa shape index (κ1) is 21.8. The topological polar surface area (TPSA) is 114 Å². The molecule has 1 aliphatic heterocycles. The fourth-order valence-electron chi connectivity index (χ4n) is 3.25. The quantitative estimate of drug-likeness (QED) is 0.642. The van der Waals surface area contributed by atoms with Crippen molar-refractivity contribution in [3.05, 3.63) is 58.9 Å². The third kappa shape index (κ3) is 5.82. The molecule has 0 saturated carbocycles. The number of amides is 3. The molecule has 1 fully saturated rings. The zero-order valence-electron chi connectivity index (χ0n) is 16.2. The molecule has 0 aliphatic carbocycles. The first-order valence-corrected chi connectivity index (χ1v) is 9.70. The zero-order valence-corrected chi connectivity index (χ0v) is 16.9. The van der Waals surface area contributed by atoms with Gasteiger partial charge in [0.25, 0.3) is 5.91 Å². The van der Waals surface area contributed by atoms with Crippen LogP contribution in [0.3, 0.4) is 0 Å². The molecule has 1 heterocycles. The normalized spacial score (nSPS) is 16.9. The molecule has 1 saturated heterocycles. The Hall–Kier alpha value is -2.88. The van der Waals surface area contributed by atoms with E-state index < -0.39 is 12.2 Å². The van der Waals surface area contributed by atoms with Crippen molar-refractivity contribution >= 4 is 29.2 Å². The highest BCUT2D eigenvalue weighted by molar-refractivity contribution is 6.31. The highest BCUT2D eigenvalue weighted by Gasteiger charge is 2.28. The van der Waals surface area contributed by atoms with Crippen LogP contribution in [0.5, 0.6) is 5.75 Å². The summed E-state index contributed by atoms with van der Waals surface area (Å²) < 4.78 is 18.6. The average molecular weight is 436 g/mol. The number of anilines is 1. The molecule has 30 heavy (non-hydrogen) atoms. The Bertz CT molecular complexity index is 912. The van der Waals surface area contributed by atoms with Crippen LogP contribution in [0.15, 0.2) is 42.5 Å². The van der Waals surface area contributed by atoms with Gasteiger partial charge in [0.1, 0.15) is 11.6 Å². The summed E-state index contributed by atoms with van der Waals surface area (Å²) in [4.78, 5) is 27.4. The summed E-state index contributed by atoms with van der Waals surface area (Å²) in [7, 11) is 0. The molecule has 3 amide bonds. The Labute approximate surface area is 178 Å². The number of nitrogens with zero attached hydrogens (tertiary/aromatic N) is 2. The van der Waals surface area contributed by atoms with Crippen molar-refractivity contribution in [2.45, 2.75) is 12.7 Å². The van der Waals surface area contributed by atoms with Gasteiger partial charge in [-0.3, -0.25) is 9.69 Å². The van der Waals surface area contributed by atoms with E-state index in [2.05, 4.69) is 10.2 Å². The molecule has 0 radical (unpaired) electrons. The Kier molecular flexibility index (Phi) is 7.09. The van der Waals surface area contributed by atoms with Gasteiger partial charge in [-0.05, 0) is 35.9 Å². The Morgan fingerprint density at radius 1 is 1.20 bits per heavy atom. The third-order valence-corrected chi connectivity index (χ3v) is 4.93. The molecule has 2 aromatic carbocycles. The van der Waals surface area contributed by atoms with E-state index in [1.807, 2.05) is 0 Å². The van der Waals surface area contributed by atoms with E-state index in [0.29, 0.717) is 31.2 Å². The first-order valence-electron chi connectivity index (χ1n) is 9.32. The number of piperazine rings is 1. The first-order chi connectivity index (χ1) is 14.3. The number of rotatable bonds is 6. The number of primary amides is 1. The average Bonchev–Trinajstić information content (AvgIpc) is 2.68. The minimum atomic E-state index is -0.771. The number of carbonyl (C=O) groups is 2. The Morgan fingerprint density at radius 3 is 2.60 bits per heavy atom. The third-order valence-electron chi connectivity index (χ3n) is 4.69. The largest absolute Gasteiger partial charge is 0.482 e. The number of hydrogen-bond acceptors (Lipinski definition) is 5. The van der Waals surface area contributed by atoms with Gasteiger partial charge in [-0.25, -0.2) is 9.18 Å². The number of urea groups is 1. The summed E-state index contributed by atoms with van der Waals surface area (Å²) in [5.74, 6) is -0.278. The monoisotopic (exact) mass is 435 g/mol. The van der Waals surface area contributed by atoms with Crippen molar-refractivity contribution in [3.8, 4) is 5.75 Å². The van der Waals surface area contributed by atoms with Gasteiger partial charge in [0.05, 0.1) is 11.9 Å². The van der Waals surface area contributed by atoms with Crippen molar-refractivity contribution in [2.75, 3.05) is 31.6 Å². The van der Waals surface area contributed by atoms with Gasteiger partial charge in [-0.2, -0.15) is 0 Å². The maximum atomic E-state index is 13.0. The predicted molar refractivity (Wildman–Crippen MR) is 112 cm³/mol. The number of nitrogens with two attached hydrogens (primary N) is 2. The van der Waals surface area contributed by atoms with Gasteiger partial charge in [0, 0.05) is 31.2 Å². The molecule has 160 valence electrons. The summed E-state index contributed by atoms with van der Waals surface area (Å²) in [5.41, 5.74) is 12.6. The highest BCUT2D eigenvalue weighted by atomic mass is 35.5. The molecule has 0 spiro atoms. The second kappa shape index (κ2) is 9.75. The molecular formula is C20H23ClFN5O3. The van der Waals surface area contributed by atoms with Crippen molar-refractivity contribution < 1.29 is 18.7 Å². The Morgan fingerprint density at radius 2 is 1.93 bits per heavy atom. The van der Waals surface area contributed by atoms with Gasteiger partial charge < -0.3 is 26.4 Å². The maximum Gasteiger partial charge on any atom is 0.316 e. The van der Waals surface area contributed by atoms with Crippen molar-refractivity contribution in [1.82, 2.24) is 9.80 Å². The molecule has 3 rings (SSSR count). The van der Waals surface area contributed by atoms with Crippen LogP contribution in [0.4, 0.5) is 14.9 Å². The van der Waals surface area contributed by atoms with Crippen molar-refractivity contribution in [2.24, 2.45) is 11.5 Å². The molecule has 0 aromatic heterocycles. The van der Waals surface area contributed by atoms with Crippen LogP contribution in [0.1, 0.15) is 5.56 Å². The number of nitrogens with one attached hydrogen (secondary N) is 1. The van der Waals surface area contributed by atoms with Crippen LogP contribution < -0.4 is 21.5 Å². The molecule has 10 heteroatoms. The second-order valence-electron chi connectivity index (χ2n) is 6.93. The van der Waals surface area contributed by atoms with E-state index in [-0.39, 0.29) is 29.8 Å². The SMILES string of the molecule is NC(=O)Nc1cc(Cl)ccc1OCC(=O)N1CCN(Cc2ccc(F)cc2)C[C@H]1N. The lowest BCUT2D eigenvalue weighted by atomic mass is 10.2. The minimum absolute atomic E-state index is 0.249. The van der Waals surface area contributed by atoms with Crippen LogP contribution in [0.25, 0.3) is 0 Å². The molecule has 5 N–H and O–H groups in total. The number of hydrogen-bond donors (Lipinski definition) is 3. The predicted octanol–water partition coefficient (Wildman–Crippen LogP) is 1.98. The van der Waals surface area contributed by atoms with Crippen LogP contribution in [0.2, 0.25) is 5.02 Å². The fourth-order valence-corrected chi connectivity index (χ4v) is 3.42. The zero-order chi connectivity index (χ0) is 21.7. The lowest BCUT2D eigenvalue weighted by Crippen LogP contribution is -2.59. The number of carbonyl (C=O) groups excluding carboxylic acids is 2. The number of benzene rings is 2. The molecular weight excluding hydrogens is 413 g/mol. The van der Waals surface area contributed by atoms with Crippen LogP contribution >= 0.6 is 11.6 Å². The molecule has 1 aliphatic rings. The van der Waals surface area contributed by atoms with Gasteiger partial charge in [0.2, 0.25) is 0 Å². The second-order valence-corrected chi connectivity index (χ2v) is 7.37. The lowest BCUT2D eigenvalue weighted by Gasteiger charge is -2.39. The van der Waals surface area contributed by atoms with Crippen LogP contribution in [0, 0.1) is 5.82 Å². The van der Waals surface area contributed by atoms with E-state index in [4.69, 9.17) is 27.8 Å². The highest BCUT2D eigenvalue weighted by Crippen LogP contribution is 2.28. The molecule has 8 nitrogen and oxygen atoms in total. The van der Waals surface area contributed by atoms with E-state index in [1.54, 1.807) is 29.2 Å². The van der Waals surface area contributed by atoms with Crippen LogP contribution in [-0.2, 0) is 11.3 Å². The summed E-state index contributed by atoms with van der Waals surface area (Å²) in [5, 5.41) is 2.79. The van der Waals surface area contributed by atoms with Crippen LogP contribution in [-0.4, -0.2) is 54.1 Å². The summed E-state index contributed by atoms with van der Waals surface area (Å²) >= 11 is 5.92. The van der Waals surface area contributed by atoms with E-state index >= 15 is 0 Å². The lowest BCUT2D eigenvalue weighted by molar-refractivity contribution is -0.138. The summed E-state index contributed by atoms with van der Waals surface area (Å²) in [6.45, 7) is 1.93. The van der Waals surface area contributed by atoms with E-state index in [1.165, 1.54) is 18.2 Å². The molecule has 2 aromatic rings. The summed E-state index contributed by atoms with van der Waals surface area (Å²) in [6, 6.07) is 10.1. The van der Waals surface area contributed by atoms with E-state index in [0.717, 1.165) is 5.56 Å². The van der Waals surface area contributed by atoms with Crippen molar-refractivity contribution in [1.29, 1.82) is 0 Å². The number of halogens is 2. The fraction of sp³-hybridized carbons (Fsp3) is 0.300. The molecule has 0 bridgehead atoms. The summed E-state index contributed by atoms with van der Waals surface area (Å²) in [6.07, 6.45) is -0.497. The smallest absolute Gasteiger partial charge is 0.316 e. The maximum absolute atomic E-state index is 13.0. The van der Waals surface area contributed by atoms with Gasteiger partial charge in [-0.15, -0.1) is 0 Å². The Balaban J connectivity index is 1.54. The van der Waals surface area contributed by atoms with Gasteiger partial charge in [-0.1, -0.05) is 23.7 Å². The van der Waals surface area contributed by atoms with Crippen molar-refractivity contribution in [3.63, 3.8) is 0 Å². The molecule has 1 atom stereocenters. The minimum Gasteiger partial charge on any atom is -0.482 e. The number of ether oxygens (including phenoxy) is 1. The van der Waals surface area contributed by atoms with Gasteiger partial charge >= 0.3 is 6.03 Å². The van der Waals surface area contributed by atoms with Gasteiger partial charge in [0.15, 0.2) is 6.61 Å².